The van der Waals surface area contributed by atoms with Crippen LogP contribution in [0.2, 0.25) is 0 Å². The second kappa shape index (κ2) is 6.05. The first-order valence-corrected chi connectivity index (χ1v) is 7.94. The predicted octanol–water partition coefficient (Wildman–Crippen LogP) is -0.0739. The summed E-state index contributed by atoms with van der Waals surface area (Å²) in [6.07, 6.45) is 0.398. The topological polar surface area (TPSA) is 90.9 Å². The maximum atomic E-state index is 12.3. The molecule has 2 aliphatic rings. The molecule has 0 spiro atoms. The van der Waals surface area contributed by atoms with Crippen LogP contribution in [0.3, 0.4) is 0 Å². The van der Waals surface area contributed by atoms with Crippen LogP contribution in [-0.4, -0.2) is 52.8 Å². The molecule has 0 saturated carbocycles. The molecule has 21 heavy (non-hydrogen) atoms. The van der Waals surface area contributed by atoms with Gasteiger partial charge in [0.2, 0.25) is 23.7 Å². The highest BCUT2D eigenvalue weighted by Gasteiger charge is 2.36. The van der Waals surface area contributed by atoms with E-state index in [1.165, 1.54) is 0 Å². The van der Waals surface area contributed by atoms with Crippen molar-refractivity contribution in [3.8, 4) is 0 Å². The molecular formula is C13H20N4O3S. The Kier molecular flexibility index (Phi) is 4.55. The zero-order chi connectivity index (χ0) is 15.6. The summed E-state index contributed by atoms with van der Waals surface area (Å²) < 4.78 is 0. The Labute approximate surface area is 127 Å². The second-order valence-electron chi connectivity index (χ2n) is 6.32. The molecule has 0 bridgehead atoms. The zero-order valence-electron chi connectivity index (χ0n) is 12.4. The van der Waals surface area contributed by atoms with Gasteiger partial charge in [-0.1, -0.05) is 20.8 Å². The second-order valence-corrected chi connectivity index (χ2v) is 7.32. The summed E-state index contributed by atoms with van der Waals surface area (Å²) in [5.41, 5.74) is -0.116. The van der Waals surface area contributed by atoms with Gasteiger partial charge in [0.1, 0.15) is 12.6 Å². The fourth-order valence-electron chi connectivity index (χ4n) is 2.09. The van der Waals surface area contributed by atoms with Crippen molar-refractivity contribution in [3.05, 3.63) is 0 Å². The van der Waals surface area contributed by atoms with Crippen molar-refractivity contribution in [3.63, 3.8) is 0 Å². The number of nitrogens with one attached hydrogen (secondary N) is 2. The van der Waals surface area contributed by atoms with Crippen LogP contribution in [0.25, 0.3) is 0 Å². The minimum atomic E-state index is -0.509. The van der Waals surface area contributed by atoms with Gasteiger partial charge < -0.3 is 4.90 Å². The van der Waals surface area contributed by atoms with Crippen LogP contribution in [0.5, 0.6) is 0 Å². The van der Waals surface area contributed by atoms with Crippen molar-refractivity contribution in [2.45, 2.75) is 33.2 Å². The normalized spacial score (nSPS) is 22.0. The van der Waals surface area contributed by atoms with E-state index in [4.69, 9.17) is 0 Å². The summed E-state index contributed by atoms with van der Waals surface area (Å²) in [6.45, 7) is 6.01. The van der Waals surface area contributed by atoms with E-state index >= 15 is 0 Å². The average Bonchev–Trinajstić information content (AvgIpc) is 2.95. The minimum absolute atomic E-state index is 0.0231. The Morgan fingerprint density at radius 3 is 2.76 bits per heavy atom. The lowest BCUT2D eigenvalue weighted by molar-refractivity contribution is -0.138. The summed E-state index contributed by atoms with van der Waals surface area (Å²) in [5.74, 6) is 0.680. The zero-order valence-corrected chi connectivity index (χ0v) is 13.2. The van der Waals surface area contributed by atoms with Gasteiger partial charge in [-0.2, -0.15) is 0 Å². The number of thioether (sulfide) groups is 1. The van der Waals surface area contributed by atoms with Crippen LogP contribution in [0.4, 0.5) is 0 Å². The Balaban J connectivity index is 1.96. The molecule has 0 aromatic carbocycles. The molecule has 2 N–H and O–H groups in total. The maximum absolute atomic E-state index is 12.3. The molecule has 7 nitrogen and oxygen atoms in total. The number of aliphatic imine (C=N–C) groups is 1. The number of carbonyl (C=O) groups excluding carboxylic acids is 3. The first kappa shape index (κ1) is 15.8. The fourth-order valence-corrected chi connectivity index (χ4v) is 3.27. The number of carbonyl (C=O) groups is 3. The Morgan fingerprint density at radius 1 is 1.48 bits per heavy atom. The number of nitrogens with zero attached hydrogens (tertiary/aromatic N) is 2. The molecule has 0 radical (unpaired) electrons. The fraction of sp³-hybridized carbons (Fsp3) is 0.692. The van der Waals surface area contributed by atoms with E-state index in [1.54, 1.807) is 16.7 Å². The minimum Gasteiger partial charge on any atom is -0.321 e. The van der Waals surface area contributed by atoms with Crippen LogP contribution in [-0.2, 0) is 14.4 Å². The molecule has 0 aromatic heterocycles. The van der Waals surface area contributed by atoms with Gasteiger partial charge in [0.25, 0.3) is 0 Å². The van der Waals surface area contributed by atoms with Gasteiger partial charge in [0.05, 0.1) is 5.88 Å². The van der Waals surface area contributed by atoms with Crippen molar-refractivity contribution in [2.24, 2.45) is 10.4 Å². The molecule has 116 valence electrons. The lowest BCUT2D eigenvalue weighted by Gasteiger charge is -2.26. The molecule has 1 saturated heterocycles. The summed E-state index contributed by atoms with van der Waals surface area (Å²) in [5, 5.41) is 5.03. The highest BCUT2D eigenvalue weighted by Crippen LogP contribution is 2.26. The summed E-state index contributed by atoms with van der Waals surface area (Å²) in [4.78, 5) is 41.0. The SMILES string of the molecule is CC(C)(C)CC(=O)N1CSC[C@@H]1C(=O)NC1=NCC(=O)N1. The summed E-state index contributed by atoms with van der Waals surface area (Å²) >= 11 is 1.55. The van der Waals surface area contributed by atoms with E-state index in [2.05, 4.69) is 15.6 Å². The van der Waals surface area contributed by atoms with Gasteiger partial charge in [-0.25, -0.2) is 4.99 Å². The number of amides is 3. The van der Waals surface area contributed by atoms with Gasteiger partial charge in [0.15, 0.2) is 0 Å². The van der Waals surface area contributed by atoms with Crippen LogP contribution < -0.4 is 10.6 Å². The monoisotopic (exact) mass is 312 g/mol. The molecule has 8 heteroatoms. The molecule has 0 aliphatic carbocycles. The number of rotatable bonds is 2. The third-order valence-electron chi connectivity index (χ3n) is 3.07. The van der Waals surface area contributed by atoms with Crippen molar-refractivity contribution < 1.29 is 14.4 Å². The van der Waals surface area contributed by atoms with E-state index in [0.717, 1.165) is 0 Å². The Bertz CT molecular complexity index is 498. The molecule has 2 rings (SSSR count). The molecular weight excluding hydrogens is 292 g/mol. The molecule has 2 heterocycles. The summed E-state index contributed by atoms with van der Waals surface area (Å²) in [7, 11) is 0. The lowest BCUT2D eigenvalue weighted by atomic mass is 9.91. The Hall–Kier alpha value is -1.57. The molecule has 2 aliphatic heterocycles. The molecule has 0 aromatic rings. The smallest absolute Gasteiger partial charge is 0.250 e. The van der Waals surface area contributed by atoms with E-state index in [-0.39, 0.29) is 35.6 Å². The third-order valence-corrected chi connectivity index (χ3v) is 4.08. The van der Waals surface area contributed by atoms with Crippen LogP contribution >= 0.6 is 11.8 Å². The van der Waals surface area contributed by atoms with E-state index in [9.17, 15) is 14.4 Å². The number of hydrogen-bond acceptors (Lipinski definition) is 5. The van der Waals surface area contributed by atoms with E-state index < -0.39 is 6.04 Å². The highest BCUT2D eigenvalue weighted by atomic mass is 32.2. The molecule has 3 amide bonds. The van der Waals surface area contributed by atoms with Crippen LogP contribution in [0, 0.1) is 5.41 Å². The standard InChI is InChI=1S/C13H20N4O3S/c1-13(2,3)4-10(19)17-7-21-6-8(17)11(20)16-12-14-5-9(18)15-12/h8H,4-7H2,1-3H3,(H2,14,15,16,18,20)/t8-/m1/s1. The van der Waals surface area contributed by atoms with E-state index in [1.807, 2.05) is 20.8 Å². The molecule has 0 unspecified atom stereocenters. The average molecular weight is 312 g/mol. The maximum Gasteiger partial charge on any atom is 0.250 e. The first-order chi connectivity index (χ1) is 9.76. The van der Waals surface area contributed by atoms with Crippen molar-refractivity contribution >= 4 is 35.4 Å². The number of guanidine groups is 1. The predicted molar refractivity (Wildman–Crippen MR) is 80.6 cm³/mol. The van der Waals surface area contributed by atoms with Gasteiger partial charge in [-0.3, -0.25) is 25.0 Å². The highest BCUT2D eigenvalue weighted by molar-refractivity contribution is 7.99. The van der Waals surface area contributed by atoms with Crippen LogP contribution in [0.1, 0.15) is 27.2 Å². The lowest BCUT2D eigenvalue weighted by Crippen LogP contribution is -2.51. The van der Waals surface area contributed by atoms with Crippen molar-refractivity contribution in [1.29, 1.82) is 0 Å². The van der Waals surface area contributed by atoms with Gasteiger partial charge in [0, 0.05) is 12.2 Å². The summed E-state index contributed by atoms with van der Waals surface area (Å²) in [6, 6.07) is -0.509. The molecule has 1 fully saturated rings. The molecule has 1 atom stereocenters. The van der Waals surface area contributed by atoms with Gasteiger partial charge in [-0.05, 0) is 5.41 Å². The van der Waals surface area contributed by atoms with Gasteiger partial charge >= 0.3 is 0 Å². The largest absolute Gasteiger partial charge is 0.321 e. The van der Waals surface area contributed by atoms with Gasteiger partial charge in [-0.15, -0.1) is 11.8 Å². The quantitative estimate of drug-likeness (QED) is 0.746. The van der Waals surface area contributed by atoms with Crippen molar-refractivity contribution in [2.75, 3.05) is 18.2 Å². The number of hydrogen-bond donors (Lipinski definition) is 2. The van der Waals surface area contributed by atoms with E-state index in [0.29, 0.717) is 18.1 Å². The Morgan fingerprint density at radius 2 is 2.19 bits per heavy atom. The first-order valence-electron chi connectivity index (χ1n) is 6.79. The van der Waals surface area contributed by atoms with Crippen LogP contribution in [0.15, 0.2) is 4.99 Å². The third kappa shape index (κ3) is 4.20. The van der Waals surface area contributed by atoms with Crippen molar-refractivity contribution in [1.82, 2.24) is 15.5 Å².